The molecule has 2 aliphatic rings. The summed E-state index contributed by atoms with van der Waals surface area (Å²) in [6, 6.07) is 19.3. The van der Waals surface area contributed by atoms with Crippen molar-refractivity contribution in [2.45, 2.75) is 32.1 Å². The number of hydrogen-bond donors (Lipinski definition) is 1. The van der Waals surface area contributed by atoms with Crippen molar-refractivity contribution in [3.63, 3.8) is 0 Å². The molecule has 1 heterocycles. The van der Waals surface area contributed by atoms with Crippen LogP contribution in [0, 0.1) is 0 Å². The molecule has 2 aromatic rings. The Kier molecular flexibility index (Phi) is 3.08. The molecule has 0 spiro atoms. The van der Waals surface area contributed by atoms with E-state index < -0.39 is 0 Å². The van der Waals surface area contributed by atoms with Crippen LogP contribution < -0.4 is 10.6 Å². The van der Waals surface area contributed by atoms with E-state index in [2.05, 4.69) is 79.4 Å². The molecule has 1 aliphatic carbocycles. The predicted molar refractivity (Wildman–Crippen MR) is 96.6 cm³/mol. The normalized spacial score (nSPS) is 19.0. The highest BCUT2D eigenvalue weighted by atomic mass is 15.2. The van der Waals surface area contributed by atoms with Crippen LogP contribution in [0.1, 0.15) is 32.3 Å². The maximum atomic E-state index is 6.19. The fraction of sp³-hybridized carbons (Fsp3) is 0.238. The SMILES string of the molecule is CC1(C)C2=C(C=C(N)CC2)N(c2ccccc2)c2ccccc21. The van der Waals surface area contributed by atoms with E-state index >= 15 is 0 Å². The van der Waals surface area contributed by atoms with Gasteiger partial charge in [0, 0.05) is 22.5 Å². The number of allylic oxidation sites excluding steroid dienone is 3. The van der Waals surface area contributed by atoms with Crippen LogP contribution in [0.5, 0.6) is 0 Å². The highest BCUT2D eigenvalue weighted by Crippen LogP contribution is 2.50. The highest BCUT2D eigenvalue weighted by molar-refractivity contribution is 5.78. The van der Waals surface area contributed by atoms with Crippen molar-refractivity contribution in [1.29, 1.82) is 0 Å². The molecule has 116 valence electrons. The minimum atomic E-state index is 0.0361. The maximum Gasteiger partial charge on any atom is 0.0502 e. The standard InChI is InChI=1S/C21H22N2/c1-21(2)17-10-6-7-11-19(17)23(16-8-4-3-5-9-16)20-14-15(22)12-13-18(20)21/h3-11,14H,12-13,22H2,1-2H3. The number of anilines is 2. The predicted octanol–water partition coefficient (Wildman–Crippen LogP) is 5.01. The molecule has 2 heteroatoms. The molecule has 2 nitrogen and oxygen atoms in total. The Morgan fingerprint density at radius 2 is 1.61 bits per heavy atom. The zero-order chi connectivity index (χ0) is 16.0. The zero-order valence-corrected chi connectivity index (χ0v) is 13.7. The van der Waals surface area contributed by atoms with Crippen LogP contribution in [0.25, 0.3) is 0 Å². The van der Waals surface area contributed by atoms with Gasteiger partial charge in [0.1, 0.15) is 0 Å². The molecule has 2 aromatic carbocycles. The molecule has 23 heavy (non-hydrogen) atoms. The molecule has 0 aromatic heterocycles. The van der Waals surface area contributed by atoms with Crippen molar-refractivity contribution >= 4 is 11.4 Å². The Hall–Kier alpha value is -2.48. The first-order chi connectivity index (χ1) is 11.1. The van der Waals surface area contributed by atoms with E-state index in [1.54, 1.807) is 0 Å². The Balaban J connectivity index is 2.02. The van der Waals surface area contributed by atoms with E-state index in [1.807, 2.05) is 0 Å². The number of nitrogens with zero attached hydrogens (tertiary/aromatic N) is 1. The third-order valence-electron chi connectivity index (χ3n) is 5.12. The average molecular weight is 302 g/mol. The van der Waals surface area contributed by atoms with Crippen molar-refractivity contribution < 1.29 is 0 Å². The number of para-hydroxylation sites is 2. The Labute approximate surface area is 137 Å². The van der Waals surface area contributed by atoms with E-state index in [0.29, 0.717) is 0 Å². The second-order valence-corrected chi connectivity index (χ2v) is 6.90. The number of rotatable bonds is 1. The first-order valence-corrected chi connectivity index (χ1v) is 8.23. The van der Waals surface area contributed by atoms with Gasteiger partial charge in [-0.15, -0.1) is 0 Å². The summed E-state index contributed by atoms with van der Waals surface area (Å²) in [7, 11) is 0. The Morgan fingerprint density at radius 3 is 2.39 bits per heavy atom. The highest BCUT2D eigenvalue weighted by Gasteiger charge is 2.38. The van der Waals surface area contributed by atoms with E-state index in [9.17, 15) is 0 Å². The molecule has 0 bridgehead atoms. The van der Waals surface area contributed by atoms with Crippen LogP contribution in [-0.2, 0) is 5.41 Å². The van der Waals surface area contributed by atoms with Crippen molar-refractivity contribution in [3.8, 4) is 0 Å². The van der Waals surface area contributed by atoms with E-state index in [-0.39, 0.29) is 5.41 Å². The maximum absolute atomic E-state index is 6.19. The van der Waals surface area contributed by atoms with E-state index in [4.69, 9.17) is 5.73 Å². The topological polar surface area (TPSA) is 29.3 Å². The van der Waals surface area contributed by atoms with Gasteiger partial charge in [0.25, 0.3) is 0 Å². The number of hydrogen-bond acceptors (Lipinski definition) is 2. The lowest BCUT2D eigenvalue weighted by atomic mass is 9.70. The fourth-order valence-electron chi connectivity index (χ4n) is 3.91. The molecule has 0 radical (unpaired) electrons. The summed E-state index contributed by atoms with van der Waals surface area (Å²) in [4.78, 5) is 2.36. The summed E-state index contributed by atoms with van der Waals surface area (Å²) in [5, 5.41) is 0. The van der Waals surface area contributed by atoms with Crippen LogP contribution >= 0.6 is 0 Å². The van der Waals surface area contributed by atoms with Crippen molar-refractivity contribution in [3.05, 3.63) is 83.2 Å². The third kappa shape index (κ3) is 2.09. The minimum absolute atomic E-state index is 0.0361. The van der Waals surface area contributed by atoms with Crippen LogP contribution in [-0.4, -0.2) is 0 Å². The number of benzene rings is 2. The molecule has 0 fully saturated rings. The van der Waals surface area contributed by atoms with Gasteiger partial charge in [-0.05, 0) is 48.3 Å². The lowest BCUT2D eigenvalue weighted by molar-refractivity contribution is 0.565. The molecule has 4 rings (SSSR count). The van der Waals surface area contributed by atoms with Gasteiger partial charge in [-0.2, -0.15) is 0 Å². The summed E-state index contributed by atoms with van der Waals surface area (Å²) in [6.07, 6.45) is 4.15. The second-order valence-electron chi connectivity index (χ2n) is 6.90. The van der Waals surface area contributed by atoms with E-state index in [1.165, 1.54) is 28.2 Å². The van der Waals surface area contributed by atoms with Gasteiger partial charge < -0.3 is 10.6 Å². The quantitative estimate of drug-likeness (QED) is 0.802. The Morgan fingerprint density at radius 1 is 0.913 bits per heavy atom. The van der Waals surface area contributed by atoms with Crippen molar-refractivity contribution in [2.75, 3.05) is 4.90 Å². The largest absolute Gasteiger partial charge is 0.402 e. The molecule has 0 atom stereocenters. The third-order valence-corrected chi connectivity index (χ3v) is 5.12. The summed E-state index contributed by atoms with van der Waals surface area (Å²) < 4.78 is 0. The molecule has 1 aliphatic heterocycles. The average Bonchev–Trinajstić information content (AvgIpc) is 2.56. The van der Waals surface area contributed by atoms with Crippen LogP contribution in [0.2, 0.25) is 0 Å². The molecule has 0 unspecified atom stereocenters. The van der Waals surface area contributed by atoms with Crippen LogP contribution in [0.3, 0.4) is 0 Å². The summed E-state index contributed by atoms with van der Waals surface area (Å²) in [6.45, 7) is 4.66. The number of nitrogens with two attached hydrogens (primary N) is 1. The molecule has 0 saturated carbocycles. The molecule has 2 N–H and O–H groups in total. The number of fused-ring (bicyclic) bond motifs is 1. The molecular weight excluding hydrogens is 280 g/mol. The van der Waals surface area contributed by atoms with Crippen LogP contribution in [0.4, 0.5) is 11.4 Å². The van der Waals surface area contributed by atoms with Gasteiger partial charge in [-0.3, -0.25) is 0 Å². The monoisotopic (exact) mass is 302 g/mol. The van der Waals surface area contributed by atoms with Gasteiger partial charge in [0.05, 0.1) is 5.69 Å². The molecular formula is C21H22N2. The Bertz CT molecular complexity index is 813. The van der Waals surface area contributed by atoms with Crippen molar-refractivity contribution in [1.82, 2.24) is 0 Å². The van der Waals surface area contributed by atoms with Crippen molar-refractivity contribution in [2.24, 2.45) is 5.73 Å². The van der Waals surface area contributed by atoms with Crippen LogP contribution in [0.15, 0.2) is 77.6 Å². The lowest BCUT2D eigenvalue weighted by Gasteiger charge is -2.44. The summed E-state index contributed by atoms with van der Waals surface area (Å²) >= 11 is 0. The zero-order valence-electron chi connectivity index (χ0n) is 13.7. The summed E-state index contributed by atoms with van der Waals surface area (Å²) in [5.74, 6) is 0. The smallest absolute Gasteiger partial charge is 0.0502 e. The minimum Gasteiger partial charge on any atom is -0.402 e. The first kappa shape index (κ1) is 14.1. The molecule has 0 amide bonds. The van der Waals surface area contributed by atoms with E-state index in [0.717, 1.165) is 18.5 Å². The summed E-state index contributed by atoms with van der Waals surface area (Å²) in [5.41, 5.74) is 13.8. The first-order valence-electron chi connectivity index (χ1n) is 8.23. The van der Waals surface area contributed by atoms with Gasteiger partial charge in [-0.25, -0.2) is 0 Å². The van der Waals surface area contributed by atoms with Gasteiger partial charge in [-0.1, -0.05) is 50.2 Å². The van der Waals surface area contributed by atoms with Gasteiger partial charge >= 0.3 is 0 Å². The van der Waals surface area contributed by atoms with Gasteiger partial charge in [0.2, 0.25) is 0 Å². The second kappa shape index (κ2) is 5.02. The van der Waals surface area contributed by atoms with Gasteiger partial charge in [0.15, 0.2) is 0 Å². The lowest BCUT2D eigenvalue weighted by Crippen LogP contribution is -2.35. The molecule has 0 saturated heterocycles. The fourth-order valence-corrected chi connectivity index (χ4v) is 3.91.